The molecule has 2 N–H and O–H groups in total. The summed E-state index contributed by atoms with van der Waals surface area (Å²) in [5, 5.41) is 6.56. The van der Waals surface area contributed by atoms with Crippen LogP contribution in [-0.4, -0.2) is 49.6 Å². The van der Waals surface area contributed by atoms with Gasteiger partial charge >= 0.3 is 0 Å². The molecule has 3 rings (SSSR count). The highest BCUT2D eigenvalue weighted by Crippen LogP contribution is 2.25. The van der Waals surface area contributed by atoms with Crippen molar-refractivity contribution in [1.29, 1.82) is 0 Å². The van der Waals surface area contributed by atoms with E-state index in [1.54, 1.807) is 41.3 Å². The molecule has 0 unspecified atom stereocenters. The van der Waals surface area contributed by atoms with Gasteiger partial charge in [-0.3, -0.25) is 9.59 Å². The molecule has 2 aromatic carbocycles. The Morgan fingerprint density at radius 1 is 1.00 bits per heavy atom. The van der Waals surface area contributed by atoms with E-state index in [-0.39, 0.29) is 18.4 Å². The number of amides is 2. The Morgan fingerprint density at radius 3 is 2.52 bits per heavy atom. The van der Waals surface area contributed by atoms with Gasteiger partial charge in [-0.2, -0.15) is 0 Å². The Hall–Kier alpha value is -2.28. The summed E-state index contributed by atoms with van der Waals surface area (Å²) in [7, 11) is 0. The van der Waals surface area contributed by atoms with Crippen molar-refractivity contribution in [1.82, 2.24) is 4.90 Å². The molecule has 0 radical (unpaired) electrons. The van der Waals surface area contributed by atoms with Crippen LogP contribution in [0.15, 0.2) is 42.5 Å². The van der Waals surface area contributed by atoms with E-state index in [2.05, 4.69) is 10.6 Å². The number of hydrogen-bond donors (Lipinski definition) is 2. The van der Waals surface area contributed by atoms with E-state index >= 15 is 0 Å². The summed E-state index contributed by atoms with van der Waals surface area (Å²) in [6.45, 7) is 2.33. The third-order valence-electron chi connectivity index (χ3n) is 4.06. The predicted molar refractivity (Wildman–Crippen MR) is 107 cm³/mol. The summed E-state index contributed by atoms with van der Waals surface area (Å²) in [4.78, 5) is 26.4. The molecular weight excluding hydrogens is 389 g/mol. The van der Waals surface area contributed by atoms with Gasteiger partial charge in [0.25, 0.3) is 5.91 Å². The van der Waals surface area contributed by atoms with E-state index in [9.17, 15) is 9.59 Å². The zero-order chi connectivity index (χ0) is 19.2. The Morgan fingerprint density at radius 2 is 1.78 bits per heavy atom. The Bertz CT molecular complexity index is 839. The smallest absolute Gasteiger partial charge is 0.254 e. The molecule has 0 spiro atoms. The molecule has 0 atom stereocenters. The molecule has 8 heteroatoms. The fourth-order valence-corrected chi connectivity index (χ4v) is 2.97. The number of rotatable bonds is 5. The van der Waals surface area contributed by atoms with Gasteiger partial charge in [0.15, 0.2) is 0 Å². The van der Waals surface area contributed by atoms with Crippen molar-refractivity contribution in [2.45, 2.75) is 0 Å². The van der Waals surface area contributed by atoms with Crippen LogP contribution in [0.3, 0.4) is 0 Å². The number of ether oxygens (including phenoxy) is 1. The van der Waals surface area contributed by atoms with Crippen molar-refractivity contribution < 1.29 is 14.3 Å². The number of morpholine rings is 1. The van der Waals surface area contributed by atoms with Gasteiger partial charge in [0.2, 0.25) is 5.91 Å². The topological polar surface area (TPSA) is 70.7 Å². The molecule has 1 heterocycles. The van der Waals surface area contributed by atoms with Gasteiger partial charge in [-0.25, -0.2) is 0 Å². The highest BCUT2D eigenvalue weighted by Gasteiger charge is 2.18. The van der Waals surface area contributed by atoms with Gasteiger partial charge in [0.05, 0.1) is 29.8 Å². The van der Waals surface area contributed by atoms with E-state index in [1.165, 1.54) is 0 Å². The maximum Gasteiger partial charge on any atom is 0.254 e. The summed E-state index contributed by atoms with van der Waals surface area (Å²) in [6, 6.07) is 12.0. The van der Waals surface area contributed by atoms with Crippen LogP contribution in [0.5, 0.6) is 0 Å². The Kier molecular flexibility index (Phi) is 6.55. The van der Waals surface area contributed by atoms with Crippen LogP contribution < -0.4 is 10.6 Å². The molecule has 27 heavy (non-hydrogen) atoms. The average molecular weight is 408 g/mol. The van der Waals surface area contributed by atoms with Gasteiger partial charge in [0, 0.05) is 30.0 Å². The van der Waals surface area contributed by atoms with Gasteiger partial charge in [-0.05, 0) is 36.4 Å². The van der Waals surface area contributed by atoms with Crippen molar-refractivity contribution >= 4 is 46.4 Å². The molecular formula is C19H19Cl2N3O3. The predicted octanol–water partition coefficient (Wildman–Crippen LogP) is 3.52. The quantitative estimate of drug-likeness (QED) is 0.795. The zero-order valence-electron chi connectivity index (χ0n) is 14.5. The van der Waals surface area contributed by atoms with Crippen LogP contribution in [0.1, 0.15) is 10.4 Å². The van der Waals surface area contributed by atoms with E-state index in [4.69, 9.17) is 27.9 Å². The van der Waals surface area contributed by atoms with Gasteiger partial charge in [-0.15, -0.1) is 0 Å². The second-order valence-electron chi connectivity index (χ2n) is 6.02. The monoisotopic (exact) mass is 407 g/mol. The van der Waals surface area contributed by atoms with Gasteiger partial charge in [-0.1, -0.05) is 29.3 Å². The minimum atomic E-state index is -0.238. The summed E-state index contributed by atoms with van der Waals surface area (Å²) in [6.07, 6.45) is 0. The van der Waals surface area contributed by atoms with E-state index in [0.717, 1.165) is 0 Å². The lowest BCUT2D eigenvalue weighted by molar-refractivity contribution is -0.114. The van der Waals surface area contributed by atoms with Crippen LogP contribution in [-0.2, 0) is 9.53 Å². The molecule has 0 saturated carbocycles. The number of carbonyl (C=O) groups excluding carboxylic acids is 2. The standard InChI is InChI=1S/C19H19Cl2N3O3/c20-16-5-4-15(11-17(16)21)23-18(25)12-22-14-3-1-2-13(10-14)19(26)24-6-8-27-9-7-24/h1-5,10-11,22H,6-9,12H2,(H,23,25). The van der Waals surface area contributed by atoms with Crippen molar-refractivity contribution in [3.63, 3.8) is 0 Å². The SMILES string of the molecule is O=C(CNc1cccc(C(=O)N2CCOCC2)c1)Nc1ccc(Cl)c(Cl)c1. The number of nitrogens with one attached hydrogen (secondary N) is 2. The first-order chi connectivity index (χ1) is 13.0. The molecule has 0 bridgehead atoms. The first-order valence-corrected chi connectivity index (χ1v) is 9.24. The summed E-state index contributed by atoms with van der Waals surface area (Å²) >= 11 is 11.8. The van der Waals surface area contributed by atoms with E-state index in [1.807, 2.05) is 6.07 Å². The lowest BCUT2D eigenvalue weighted by Gasteiger charge is -2.27. The molecule has 2 aromatic rings. The largest absolute Gasteiger partial charge is 0.378 e. The fourth-order valence-electron chi connectivity index (χ4n) is 2.67. The minimum Gasteiger partial charge on any atom is -0.378 e. The highest BCUT2D eigenvalue weighted by atomic mass is 35.5. The lowest BCUT2D eigenvalue weighted by Crippen LogP contribution is -2.40. The molecule has 1 aliphatic heterocycles. The molecule has 6 nitrogen and oxygen atoms in total. The number of carbonyl (C=O) groups is 2. The second kappa shape index (κ2) is 9.08. The molecule has 0 aromatic heterocycles. The third kappa shape index (κ3) is 5.35. The molecule has 1 fully saturated rings. The van der Waals surface area contributed by atoms with Crippen molar-refractivity contribution in [3.8, 4) is 0 Å². The maximum atomic E-state index is 12.5. The second-order valence-corrected chi connectivity index (χ2v) is 6.83. The summed E-state index contributed by atoms with van der Waals surface area (Å²) in [5.74, 6) is -0.277. The van der Waals surface area contributed by atoms with Crippen molar-refractivity contribution in [2.24, 2.45) is 0 Å². The van der Waals surface area contributed by atoms with Gasteiger partial charge in [0.1, 0.15) is 0 Å². The van der Waals surface area contributed by atoms with Gasteiger partial charge < -0.3 is 20.3 Å². The van der Waals surface area contributed by atoms with E-state index < -0.39 is 0 Å². The fraction of sp³-hybridized carbons (Fsp3) is 0.263. The molecule has 2 amide bonds. The van der Waals surface area contributed by atoms with Crippen LogP contribution in [0, 0.1) is 0 Å². The van der Waals surface area contributed by atoms with Crippen LogP contribution in [0.4, 0.5) is 11.4 Å². The highest BCUT2D eigenvalue weighted by molar-refractivity contribution is 6.42. The average Bonchev–Trinajstić information content (AvgIpc) is 2.69. The first kappa shape index (κ1) is 19.5. The number of hydrogen-bond acceptors (Lipinski definition) is 4. The summed E-state index contributed by atoms with van der Waals surface area (Å²) < 4.78 is 5.27. The first-order valence-electron chi connectivity index (χ1n) is 8.49. The van der Waals surface area contributed by atoms with Crippen LogP contribution >= 0.6 is 23.2 Å². The van der Waals surface area contributed by atoms with E-state index in [0.29, 0.717) is 53.3 Å². The number of benzene rings is 2. The minimum absolute atomic E-state index is 0.0396. The van der Waals surface area contributed by atoms with Crippen LogP contribution in [0.25, 0.3) is 0 Å². The lowest BCUT2D eigenvalue weighted by atomic mass is 10.1. The maximum absolute atomic E-state index is 12.5. The number of anilines is 2. The van der Waals surface area contributed by atoms with Crippen molar-refractivity contribution in [2.75, 3.05) is 43.5 Å². The third-order valence-corrected chi connectivity index (χ3v) is 4.80. The normalized spacial score (nSPS) is 13.9. The molecule has 1 saturated heterocycles. The van der Waals surface area contributed by atoms with Crippen LogP contribution in [0.2, 0.25) is 10.0 Å². The summed E-state index contributed by atoms with van der Waals surface area (Å²) in [5.41, 5.74) is 1.83. The number of nitrogens with zero attached hydrogens (tertiary/aromatic N) is 1. The Labute approximate surface area is 167 Å². The molecule has 1 aliphatic rings. The zero-order valence-corrected chi connectivity index (χ0v) is 16.0. The molecule has 0 aliphatic carbocycles. The Balaban J connectivity index is 1.56. The number of halogens is 2. The molecule has 142 valence electrons. The van der Waals surface area contributed by atoms with Crippen molar-refractivity contribution in [3.05, 3.63) is 58.1 Å².